The predicted molar refractivity (Wildman–Crippen MR) is 70.4 cm³/mol. The Hall–Kier alpha value is -0.500. The van der Waals surface area contributed by atoms with Gasteiger partial charge in [-0.05, 0) is 37.6 Å². The molecule has 1 N–H and O–H groups in total. The summed E-state index contributed by atoms with van der Waals surface area (Å²) in [5.74, 6) is 0. The van der Waals surface area contributed by atoms with E-state index in [0.717, 1.165) is 19.4 Å². The lowest BCUT2D eigenvalue weighted by atomic mass is 9.78. The Morgan fingerprint density at radius 3 is 2.44 bits per heavy atom. The number of hydrogen-bond acceptors (Lipinski definition) is 1. The Morgan fingerprint density at radius 1 is 1.19 bits per heavy atom. The van der Waals surface area contributed by atoms with Crippen LogP contribution in [0.15, 0.2) is 30.4 Å². The molecule has 86 valence electrons. The van der Waals surface area contributed by atoms with Crippen molar-refractivity contribution in [1.29, 1.82) is 0 Å². The zero-order valence-corrected chi connectivity index (χ0v) is 10.8. The molecule has 3 heteroatoms. The van der Waals surface area contributed by atoms with Crippen LogP contribution in [-0.4, -0.2) is 13.6 Å². The van der Waals surface area contributed by atoms with Gasteiger partial charge in [-0.1, -0.05) is 41.4 Å². The van der Waals surface area contributed by atoms with Crippen LogP contribution in [0.5, 0.6) is 0 Å². The molecular formula is C13H15Cl2N. The Kier molecular flexibility index (Phi) is 3.58. The van der Waals surface area contributed by atoms with E-state index in [9.17, 15) is 0 Å². The van der Waals surface area contributed by atoms with Crippen molar-refractivity contribution in [2.24, 2.45) is 0 Å². The van der Waals surface area contributed by atoms with Gasteiger partial charge in [0.15, 0.2) is 0 Å². The molecule has 0 spiro atoms. The van der Waals surface area contributed by atoms with Gasteiger partial charge in [-0.2, -0.15) is 0 Å². The van der Waals surface area contributed by atoms with E-state index in [4.69, 9.17) is 23.2 Å². The summed E-state index contributed by atoms with van der Waals surface area (Å²) in [6.07, 6.45) is 6.59. The van der Waals surface area contributed by atoms with Gasteiger partial charge in [0.1, 0.15) is 0 Å². The Balaban J connectivity index is 2.36. The minimum absolute atomic E-state index is 0.156. The van der Waals surface area contributed by atoms with Gasteiger partial charge in [0.2, 0.25) is 0 Å². The van der Waals surface area contributed by atoms with E-state index in [-0.39, 0.29) is 5.41 Å². The molecule has 0 amide bonds. The van der Waals surface area contributed by atoms with Crippen LogP contribution >= 0.6 is 23.2 Å². The van der Waals surface area contributed by atoms with Gasteiger partial charge in [-0.25, -0.2) is 0 Å². The van der Waals surface area contributed by atoms with Gasteiger partial charge in [0.05, 0.1) is 10.0 Å². The molecule has 0 saturated carbocycles. The quantitative estimate of drug-likeness (QED) is 0.811. The minimum atomic E-state index is 0.156. The van der Waals surface area contributed by atoms with Crippen molar-refractivity contribution in [3.8, 4) is 0 Å². The molecule has 0 atom stereocenters. The van der Waals surface area contributed by atoms with Gasteiger partial charge in [0.25, 0.3) is 0 Å². The predicted octanol–water partition coefficient (Wildman–Crippen LogP) is 3.80. The average Bonchev–Trinajstić information content (AvgIpc) is 2.72. The minimum Gasteiger partial charge on any atom is -0.319 e. The zero-order chi connectivity index (χ0) is 11.6. The van der Waals surface area contributed by atoms with E-state index < -0.39 is 0 Å². The number of allylic oxidation sites excluding steroid dienone is 2. The summed E-state index contributed by atoms with van der Waals surface area (Å²) in [6.45, 7) is 0.956. The first-order valence-electron chi connectivity index (χ1n) is 5.43. The van der Waals surface area contributed by atoms with E-state index >= 15 is 0 Å². The second-order valence-electron chi connectivity index (χ2n) is 4.32. The molecule has 0 aliphatic heterocycles. The van der Waals surface area contributed by atoms with Crippen molar-refractivity contribution >= 4 is 23.2 Å². The van der Waals surface area contributed by atoms with Crippen LogP contribution in [-0.2, 0) is 5.41 Å². The van der Waals surface area contributed by atoms with Crippen molar-refractivity contribution in [1.82, 2.24) is 5.32 Å². The second-order valence-corrected chi connectivity index (χ2v) is 5.13. The first-order valence-corrected chi connectivity index (χ1v) is 6.19. The maximum atomic E-state index is 6.08. The summed E-state index contributed by atoms with van der Waals surface area (Å²) in [4.78, 5) is 0. The third-order valence-corrected chi connectivity index (χ3v) is 3.97. The van der Waals surface area contributed by atoms with Crippen molar-refractivity contribution in [3.63, 3.8) is 0 Å². The molecule has 1 aliphatic rings. The second kappa shape index (κ2) is 4.79. The van der Waals surface area contributed by atoms with Gasteiger partial charge < -0.3 is 5.32 Å². The van der Waals surface area contributed by atoms with Crippen molar-refractivity contribution in [2.45, 2.75) is 18.3 Å². The zero-order valence-electron chi connectivity index (χ0n) is 9.26. The molecule has 0 radical (unpaired) electrons. The van der Waals surface area contributed by atoms with Gasteiger partial charge in [0, 0.05) is 12.0 Å². The van der Waals surface area contributed by atoms with Crippen molar-refractivity contribution < 1.29 is 0 Å². The third kappa shape index (κ3) is 2.13. The first-order chi connectivity index (χ1) is 7.68. The highest BCUT2D eigenvalue weighted by Crippen LogP contribution is 2.38. The fourth-order valence-electron chi connectivity index (χ4n) is 2.35. The highest BCUT2D eigenvalue weighted by atomic mass is 35.5. The molecule has 16 heavy (non-hydrogen) atoms. The number of benzene rings is 1. The molecule has 2 rings (SSSR count). The summed E-state index contributed by atoms with van der Waals surface area (Å²) >= 11 is 12.0. The topological polar surface area (TPSA) is 12.0 Å². The van der Waals surface area contributed by atoms with Crippen LogP contribution in [0.25, 0.3) is 0 Å². The average molecular weight is 256 g/mol. The van der Waals surface area contributed by atoms with Crippen LogP contribution < -0.4 is 5.32 Å². The first kappa shape index (κ1) is 12.0. The smallest absolute Gasteiger partial charge is 0.0595 e. The molecule has 1 nitrogen and oxygen atoms in total. The molecule has 0 unspecified atom stereocenters. The Morgan fingerprint density at radius 2 is 1.88 bits per heavy atom. The molecule has 0 aromatic heterocycles. The molecule has 0 saturated heterocycles. The fraction of sp³-hybridized carbons (Fsp3) is 0.385. The summed E-state index contributed by atoms with van der Waals surface area (Å²) in [5, 5.41) is 4.53. The van der Waals surface area contributed by atoms with Crippen molar-refractivity contribution in [2.75, 3.05) is 13.6 Å². The molecule has 0 heterocycles. The fourth-order valence-corrected chi connectivity index (χ4v) is 2.65. The molecular weight excluding hydrogens is 241 g/mol. The summed E-state index contributed by atoms with van der Waals surface area (Å²) in [6, 6.07) is 5.96. The van der Waals surface area contributed by atoms with Crippen LogP contribution in [0, 0.1) is 0 Å². The van der Waals surface area contributed by atoms with E-state index in [2.05, 4.69) is 23.5 Å². The highest BCUT2D eigenvalue weighted by molar-refractivity contribution is 6.42. The van der Waals surface area contributed by atoms with E-state index in [1.165, 1.54) is 5.56 Å². The number of nitrogens with one attached hydrogen (secondary N) is 1. The lowest BCUT2D eigenvalue weighted by Gasteiger charge is -2.29. The lowest BCUT2D eigenvalue weighted by molar-refractivity contribution is 0.436. The summed E-state index contributed by atoms with van der Waals surface area (Å²) < 4.78 is 0. The van der Waals surface area contributed by atoms with Crippen LogP contribution in [0.3, 0.4) is 0 Å². The van der Waals surface area contributed by atoms with E-state index in [1.807, 2.05) is 19.2 Å². The van der Waals surface area contributed by atoms with Gasteiger partial charge >= 0.3 is 0 Å². The van der Waals surface area contributed by atoms with E-state index in [1.54, 1.807) is 0 Å². The molecule has 1 aliphatic carbocycles. The van der Waals surface area contributed by atoms with Gasteiger partial charge in [-0.3, -0.25) is 0 Å². The Bertz CT molecular complexity index is 404. The SMILES string of the molecule is CNCC1(c2ccc(Cl)c(Cl)c2)CC=CC1. The van der Waals surface area contributed by atoms with Crippen LogP contribution in [0.1, 0.15) is 18.4 Å². The maximum Gasteiger partial charge on any atom is 0.0595 e. The van der Waals surface area contributed by atoms with Crippen molar-refractivity contribution in [3.05, 3.63) is 46.0 Å². The molecule has 1 aromatic rings. The largest absolute Gasteiger partial charge is 0.319 e. The molecule has 0 fully saturated rings. The normalized spacial score (nSPS) is 17.9. The third-order valence-electron chi connectivity index (χ3n) is 3.23. The standard InChI is InChI=1S/C13H15Cl2N/c1-16-9-13(6-2-3-7-13)10-4-5-11(14)12(15)8-10/h2-5,8,16H,6-7,9H2,1H3. The van der Waals surface area contributed by atoms with E-state index in [0.29, 0.717) is 10.0 Å². The number of hydrogen-bond donors (Lipinski definition) is 1. The summed E-state index contributed by atoms with van der Waals surface area (Å²) in [5.41, 5.74) is 1.42. The van der Waals surface area contributed by atoms with Crippen LogP contribution in [0.4, 0.5) is 0 Å². The molecule has 1 aromatic carbocycles. The maximum absolute atomic E-state index is 6.08. The lowest BCUT2D eigenvalue weighted by Crippen LogP contribution is -2.34. The Labute approximate surface area is 106 Å². The summed E-state index contributed by atoms with van der Waals surface area (Å²) in [7, 11) is 1.98. The number of rotatable bonds is 3. The van der Waals surface area contributed by atoms with Gasteiger partial charge in [-0.15, -0.1) is 0 Å². The number of likely N-dealkylation sites (N-methyl/N-ethyl adjacent to an activating group) is 1. The van der Waals surface area contributed by atoms with Crippen LogP contribution in [0.2, 0.25) is 10.0 Å². The number of halogens is 2. The monoisotopic (exact) mass is 255 g/mol. The molecule has 0 bridgehead atoms. The highest BCUT2D eigenvalue weighted by Gasteiger charge is 2.32.